The number of esters is 1. The van der Waals surface area contributed by atoms with E-state index in [1.807, 2.05) is 0 Å². The molecule has 1 aliphatic heterocycles. The van der Waals surface area contributed by atoms with Crippen LogP contribution in [0.4, 0.5) is 0 Å². The topological polar surface area (TPSA) is 63.6 Å². The molecule has 2 fully saturated rings. The molecular weight excluding hydrogens is 160 g/mol. The zero-order valence-electron chi connectivity index (χ0n) is 6.79. The van der Waals surface area contributed by atoms with Crippen LogP contribution in [0.2, 0.25) is 0 Å². The molecule has 1 saturated carbocycles. The van der Waals surface area contributed by atoms with Crippen LogP contribution in [0, 0.1) is 5.41 Å². The van der Waals surface area contributed by atoms with Crippen molar-refractivity contribution in [2.45, 2.75) is 32.0 Å². The summed E-state index contributed by atoms with van der Waals surface area (Å²) in [5.74, 6) is -1.82. The lowest BCUT2D eigenvalue weighted by atomic mass is 9.73. The van der Waals surface area contributed by atoms with E-state index in [0.29, 0.717) is 12.8 Å². The van der Waals surface area contributed by atoms with Gasteiger partial charge in [0.15, 0.2) is 0 Å². The quantitative estimate of drug-likeness (QED) is 0.519. The highest BCUT2D eigenvalue weighted by atomic mass is 16.7. The summed E-state index contributed by atoms with van der Waals surface area (Å²) >= 11 is 0. The van der Waals surface area contributed by atoms with Gasteiger partial charge in [0.25, 0.3) is 0 Å². The van der Waals surface area contributed by atoms with Gasteiger partial charge in [-0.25, -0.2) is 0 Å². The van der Waals surface area contributed by atoms with E-state index in [-0.39, 0.29) is 12.2 Å². The number of ketones is 1. The van der Waals surface area contributed by atoms with E-state index in [9.17, 15) is 14.7 Å². The first kappa shape index (κ1) is 7.73. The standard InChI is InChI=1S/C8H10O4/c1-7(11)8(6(10)12-7)3-2-5(9)4-8/h11H,2-4H2,1H3. The van der Waals surface area contributed by atoms with Crippen molar-refractivity contribution in [2.24, 2.45) is 5.41 Å². The van der Waals surface area contributed by atoms with E-state index in [0.717, 1.165) is 0 Å². The first-order valence-corrected chi connectivity index (χ1v) is 3.95. The van der Waals surface area contributed by atoms with E-state index in [2.05, 4.69) is 4.74 Å². The fourth-order valence-corrected chi connectivity index (χ4v) is 1.96. The molecule has 2 aliphatic rings. The Morgan fingerprint density at radius 3 is 2.42 bits per heavy atom. The van der Waals surface area contributed by atoms with Gasteiger partial charge in [0.2, 0.25) is 5.79 Å². The molecule has 0 aromatic heterocycles. The third kappa shape index (κ3) is 0.659. The number of hydrogen-bond donors (Lipinski definition) is 1. The zero-order valence-corrected chi connectivity index (χ0v) is 6.79. The van der Waals surface area contributed by atoms with Crippen molar-refractivity contribution in [3.05, 3.63) is 0 Å². The maximum atomic E-state index is 11.1. The second kappa shape index (κ2) is 1.88. The first-order valence-electron chi connectivity index (χ1n) is 3.95. The second-order valence-electron chi connectivity index (χ2n) is 3.67. The minimum absolute atomic E-state index is 0.0342. The molecule has 0 bridgehead atoms. The fourth-order valence-electron chi connectivity index (χ4n) is 1.96. The van der Waals surface area contributed by atoms with Crippen LogP contribution in [0.15, 0.2) is 0 Å². The van der Waals surface area contributed by atoms with Crippen molar-refractivity contribution in [1.29, 1.82) is 0 Å². The van der Waals surface area contributed by atoms with E-state index in [1.54, 1.807) is 0 Å². The van der Waals surface area contributed by atoms with Crippen molar-refractivity contribution in [2.75, 3.05) is 0 Å². The fraction of sp³-hybridized carbons (Fsp3) is 0.750. The van der Waals surface area contributed by atoms with E-state index in [1.165, 1.54) is 6.92 Å². The predicted octanol–water partition coefficient (Wildman–Crippen LogP) is -0.00890. The molecular formula is C8H10O4. The van der Waals surface area contributed by atoms with Crippen LogP contribution in [0.5, 0.6) is 0 Å². The normalized spacial score (nSPS) is 46.2. The third-order valence-corrected chi connectivity index (χ3v) is 2.90. The Balaban J connectivity index is 2.31. The second-order valence-corrected chi connectivity index (χ2v) is 3.67. The molecule has 2 rings (SSSR count). The third-order valence-electron chi connectivity index (χ3n) is 2.90. The van der Waals surface area contributed by atoms with Crippen LogP contribution in [0.3, 0.4) is 0 Å². The van der Waals surface area contributed by atoms with Crippen molar-refractivity contribution < 1.29 is 19.4 Å². The number of cyclic esters (lactones) is 1. The van der Waals surface area contributed by atoms with Crippen LogP contribution in [0.1, 0.15) is 26.2 Å². The van der Waals surface area contributed by atoms with Gasteiger partial charge < -0.3 is 9.84 Å². The summed E-state index contributed by atoms with van der Waals surface area (Å²) in [6, 6.07) is 0. The molecule has 0 amide bonds. The molecule has 4 heteroatoms. The predicted molar refractivity (Wildman–Crippen MR) is 38.0 cm³/mol. The number of aliphatic hydroxyl groups is 1. The molecule has 1 N–H and O–H groups in total. The molecule has 1 spiro atoms. The maximum Gasteiger partial charge on any atom is 0.321 e. The Hall–Kier alpha value is -0.900. The number of ether oxygens (including phenoxy) is 1. The largest absolute Gasteiger partial charge is 0.432 e. The molecule has 2 atom stereocenters. The van der Waals surface area contributed by atoms with Crippen LogP contribution >= 0.6 is 0 Å². The zero-order chi connectivity index (χ0) is 8.98. The summed E-state index contributed by atoms with van der Waals surface area (Å²) in [7, 11) is 0. The molecule has 0 aromatic rings. The number of carbonyl (C=O) groups excluding carboxylic acids is 2. The number of carbonyl (C=O) groups is 2. The highest BCUT2D eigenvalue weighted by molar-refractivity contribution is 5.94. The monoisotopic (exact) mass is 170 g/mol. The molecule has 66 valence electrons. The van der Waals surface area contributed by atoms with E-state index >= 15 is 0 Å². The van der Waals surface area contributed by atoms with Gasteiger partial charge in [-0.1, -0.05) is 0 Å². The maximum absolute atomic E-state index is 11.1. The Kier molecular flexibility index (Phi) is 1.21. The van der Waals surface area contributed by atoms with E-state index < -0.39 is 17.2 Å². The summed E-state index contributed by atoms with van der Waals surface area (Å²) in [5.41, 5.74) is -0.913. The SMILES string of the molecule is CC1(O)OC(=O)C12CCC(=O)C2. The molecule has 2 unspecified atom stereocenters. The Morgan fingerprint density at radius 2 is 2.17 bits per heavy atom. The summed E-state index contributed by atoms with van der Waals surface area (Å²) in [6.45, 7) is 1.44. The number of Topliss-reactive ketones (excluding diaryl/α,β-unsaturated/α-hetero) is 1. The number of rotatable bonds is 0. The minimum atomic E-state index is -1.42. The van der Waals surface area contributed by atoms with Gasteiger partial charge in [-0.05, 0) is 6.42 Å². The van der Waals surface area contributed by atoms with Crippen molar-refractivity contribution >= 4 is 11.8 Å². The first-order chi connectivity index (χ1) is 5.48. The highest BCUT2D eigenvalue weighted by Crippen LogP contribution is 2.53. The van der Waals surface area contributed by atoms with Crippen molar-refractivity contribution in [1.82, 2.24) is 0 Å². The summed E-state index contributed by atoms with van der Waals surface area (Å²) in [6.07, 6.45) is 0.946. The van der Waals surface area contributed by atoms with Crippen LogP contribution < -0.4 is 0 Å². The molecule has 1 aliphatic carbocycles. The average Bonchev–Trinajstić information content (AvgIpc) is 2.33. The van der Waals surface area contributed by atoms with E-state index in [4.69, 9.17) is 0 Å². The van der Waals surface area contributed by atoms with Crippen LogP contribution in [-0.4, -0.2) is 22.6 Å². The molecule has 1 saturated heterocycles. The van der Waals surface area contributed by atoms with Crippen molar-refractivity contribution in [3.63, 3.8) is 0 Å². The van der Waals surface area contributed by atoms with Gasteiger partial charge in [0.05, 0.1) is 0 Å². The molecule has 0 aromatic carbocycles. The Labute approximate surface area is 69.5 Å². The lowest BCUT2D eigenvalue weighted by molar-refractivity contribution is -0.314. The molecule has 1 heterocycles. The highest BCUT2D eigenvalue weighted by Gasteiger charge is 2.68. The van der Waals surface area contributed by atoms with Gasteiger partial charge in [0.1, 0.15) is 11.2 Å². The Morgan fingerprint density at radius 1 is 1.50 bits per heavy atom. The van der Waals surface area contributed by atoms with Gasteiger partial charge in [-0.15, -0.1) is 0 Å². The summed E-state index contributed by atoms with van der Waals surface area (Å²) < 4.78 is 4.58. The molecule has 4 nitrogen and oxygen atoms in total. The van der Waals surface area contributed by atoms with Crippen LogP contribution in [-0.2, 0) is 14.3 Å². The lowest BCUT2D eigenvalue weighted by Gasteiger charge is -2.48. The summed E-state index contributed by atoms with van der Waals surface area (Å²) in [4.78, 5) is 22.0. The van der Waals surface area contributed by atoms with Gasteiger partial charge in [0, 0.05) is 19.8 Å². The van der Waals surface area contributed by atoms with Crippen molar-refractivity contribution in [3.8, 4) is 0 Å². The van der Waals surface area contributed by atoms with Gasteiger partial charge in [-0.3, -0.25) is 9.59 Å². The molecule has 12 heavy (non-hydrogen) atoms. The van der Waals surface area contributed by atoms with Gasteiger partial charge >= 0.3 is 5.97 Å². The Bertz CT molecular complexity index is 268. The smallest absolute Gasteiger partial charge is 0.321 e. The lowest BCUT2D eigenvalue weighted by Crippen LogP contribution is -2.64. The van der Waals surface area contributed by atoms with Gasteiger partial charge in [-0.2, -0.15) is 0 Å². The average molecular weight is 170 g/mol. The van der Waals surface area contributed by atoms with Crippen LogP contribution in [0.25, 0.3) is 0 Å². The molecule has 0 radical (unpaired) electrons. The number of hydrogen-bond acceptors (Lipinski definition) is 4. The summed E-state index contributed by atoms with van der Waals surface area (Å²) in [5, 5.41) is 9.56. The minimum Gasteiger partial charge on any atom is -0.432 e.